The van der Waals surface area contributed by atoms with Gasteiger partial charge in [0.1, 0.15) is 12.4 Å². The van der Waals surface area contributed by atoms with Gasteiger partial charge in [0.2, 0.25) is 0 Å². The summed E-state index contributed by atoms with van der Waals surface area (Å²) in [6, 6.07) is 16.1. The highest BCUT2D eigenvalue weighted by Gasteiger charge is 2.26. The first-order chi connectivity index (χ1) is 13.2. The molecule has 6 nitrogen and oxygen atoms in total. The summed E-state index contributed by atoms with van der Waals surface area (Å²) in [5, 5.41) is 7.60. The minimum Gasteiger partial charge on any atom is -0.488 e. The van der Waals surface area contributed by atoms with E-state index in [0.29, 0.717) is 18.3 Å². The maximum absolute atomic E-state index is 6.08. The summed E-state index contributed by atoms with van der Waals surface area (Å²) in [7, 11) is 2.08. The van der Waals surface area contributed by atoms with Crippen molar-refractivity contribution < 1.29 is 9.26 Å². The number of aromatic nitrogens is 2. The zero-order chi connectivity index (χ0) is 18.6. The van der Waals surface area contributed by atoms with E-state index in [4.69, 9.17) is 9.26 Å². The molecule has 1 aliphatic rings. The summed E-state index contributed by atoms with van der Waals surface area (Å²) < 4.78 is 11.7. The van der Waals surface area contributed by atoms with Crippen LogP contribution in [0.1, 0.15) is 23.0 Å². The molecule has 28 heavy (non-hydrogen) atoms. The van der Waals surface area contributed by atoms with Gasteiger partial charge in [-0.1, -0.05) is 41.6 Å². The first-order valence-electron chi connectivity index (χ1n) is 9.23. The van der Waals surface area contributed by atoms with Gasteiger partial charge in [0.25, 0.3) is 5.89 Å². The molecule has 2 aromatic carbocycles. The molecule has 0 aliphatic carbocycles. The molecule has 148 valence electrons. The molecule has 0 bridgehead atoms. The highest BCUT2D eigenvalue weighted by atomic mass is 35.5. The van der Waals surface area contributed by atoms with Gasteiger partial charge in [0, 0.05) is 19.6 Å². The fourth-order valence-corrected chi connectivity index (χ4v) is 3.27. The summed E-state index contributed by atoms with van der Waals surface area (Å²) in [4.78, 5) is 6.89. The number of piperazine rings is 1. The van der Waals surface area contributed by atoms with Crippen molar-refractivity contribution in [3.63, 3.8) is 0 Å². The Kier molecular flexibility index (Phi) is 6.67. The number of benzene rings is 2. The quantitative estimate of drug-likeness (QED) is 0.705. The fourth-order valence-electron chi connectivity index (χ4n) is 3.27. The fraction of sp³-hybridized carbons (Fsp3) is 0.333. The molecular formula is C21H25ClN4O2. The molecule has 7 heteroatoms. The van der Waals surface area contributed by atoms with E-state index in [-0.39, 0.29) is 18.4 Å². The second-order valence-electron chi connectivity index (χ2n) is 6.87. The van der Waals surface area contributed by atoms with Gasteiger partial charge in [-0.05, 0) is 37.2 Å². The van der Waals surface area contributed by atoms with Crippen molar-refractivity contribution in [3.05, 3.63) is 65.5 Å². The van der Waals surface area contributed by atoms with E-state index in [1.807, 2.05) is 36.4 Å². The monoisotopic (exact) mass is 400 g/mol. The van der Waals surface area contributed by atoms with Gasteiger partial charge >= 0.3 is 0 Å². The zero-order valence-corrected chi connectivity index (χ0v) is 16.9. The van der Waals surface area contributed by atoms with E-state index in [9.17, 15) is 0 Å². The van der Waals surface area contributed by atoms with Gasteiger partial charge in [-0.3, -0.25) is 4.90 Å². The molecule has 1 saturated heterocycles. The minimum atomic E-state index is 0. The average Bonchev–Trinajstić information content (AvgIpc) is 3.18. The Balaban J connectivity index is 0.00000225. The molecule has 4 rings (SSSR count). The second kappa shape index (κ2) is 9.19. The predicted octanol–water partition coefficient (Wildman–Crippen LogP) is 3.62. The Labute approximate surface area is 171 Å². The molecule has 1 unspecified atom stereocenters. The van der Waals surface area contributed by atoms with Crippen molar-refractivity contribution in [2.75, 3.05) is 26.7 Å². The van der Waals surface area contributed by atoms with Crippen LogP contribution in [0, 0.1) is 6.92 Å². The number of halogens is 1. The largest absolute Gasteiger partial charge is 0.488 e. The Morgan fingerprint density at radius 2 is 1.96 bits per heavy atom. The predicted molar refractivity (Wildman–Crippen MR) is 111 cm³/mol. The Morgan fingerprint density at radius 1 is 1.18 bits per heavy atom. The smallest absolute Gasteiger partial charge is 0.261 e. The third-order valence-corrected chi connectivity index (χ3v) is 5.01. The number of rotatable bonds is 5. The third-order valence-electron chi connectivity index (χ3n) is 5.01. The molecular weight excluding hydrogens is 376 g/mol. The van der Waals surface area contributed by atoms with E-state index >= 15 is 0 Å². The molecule has 2 heterocycles. The Morgan fingerprint density at radius 3 is 2.79 bits per heavy atom. The number of aryl methyl sites for hydroxylation is 1. The number of nitrogens with one attached hydrogen (secondary N) is 1. The van der Waals surface area contributed by atoms with Crippen molar-refractivity contribution >= 4 is 12.4 Å². The molecule has 1 atom stereocenters. The lowest BCUT2D eigenvalue weighted by molar-refractivity contribution is 0.190. The molecule has 1 aliphatic heterocycles. The lowest BCUT2D eigenvalue weighted by Crippen LogP contribution is -2.44. The van der Waals surface area contributed by atoms with E-state index in [2.05, 4.69) is 46.5 Å². The van der Waals surface area contributed by atoms with Gasteiger partial charge in [-0.2, -0.15) is 4.98 Å². The Hall–Kier alpha value is -2.41. The van der Waals surface area contributed by atoms with Crippen LogP contribution in [-0.2, 0) is 6.61 Å². The molecule has 1 aromatic heterocycles. The summed E-state index contributed by atoms with van der Waals surface area (Å²) in [6.45, 7) is 5.35. The van der Waals surface area contributed by atoms with Crippen LogP contribution in [-0.4, -0.2) is 41.7 Å². The lowest BCUT2D eigenvalue weighted by atomic mass is 10.1. The second-order valence-corrected chi connectivity index (χ2v) is 6.87. The average molecular weight is 401 g/mol. The van der Waals surface area contributed by atoms with Gasteiger partial charge in [0.15, 0.2) is 5.82 Å². The van der Waals surface area contributed by atoms with E-state index < -0.39 is 0 Å². The van der Waals surface area contributed by atoms with Crippen LogP contribution < -0.4 is 10.1 Å². The van der Waals surface area contributed by atoms with E-state index in [0.717, 1.165) is 36.5 Å². The van der Waals surface area contributed by atoms with Crippen LogP contribution in [0.4, 0.5) is 0 Å². The lowest BCUT2D eigenvalue weighted by Gasteiger charge is -2.30. The highest BCUT2D eigenvalue weighted by molar-refractivity contribution is 5.85. The van der Waals surface area contributed by atoms with Crippen molar-refractivity contribution in [2.45, 2.75) is 19.6 Å². The first kappa shape index (κ1) is 20.3. The number of hydrogen-bond acceptors (Lipinski definition) is 6. The van der Waals surface area contributed by atoms with Crippen LogP contribution >= 0.6 is 12.4 Å². The molecule has 1 fully saturated rings. The normalized spacial score (nSPS) is 17.1. The van der Waals surface area contributed by atoms with Crippen LogP contribution in [0.2, 0.25) is 0 Å². The first-order valence-corrected chi connectivity index (χ1v) is 9.23. The molecule has 3 aromatic rings. The Bertz CT molecular complexity index is 915. The summed E-state index contributed by atoms with van der Waals surface area (Å²) in [5.74, 6) is 1.93. The van der Waals surface area contributed by atoms with Crippen molar-refractivity contribution in [3.8, 4) is 17.2 Å². The maximum atomic E-state index is 6.08. The van der Waals surface area contributed by atoms with Crippen LogP contribution in [0.25, 0.3) is 11.5 Å². The van der Waals surface area contributed by atoms with Gasteiger partial charge < -0.3 is 14.6 Å². The molecule has 1 N–H and O–H groups in total. The van der Waals surface area contributed by atoms with Crippen molar-refractivity contribution in [1.82, 2.24) is 20.4 Å². The standard InChI is InChI=1S/C21H24N4O2.ClH/c1-15-7-3-4-8-16(15)14-26-19-10-6-5-9-17(19)21-23-20(24-27-21)18-13-22-11-12-25(18)2;/h3-10,18,22H,11-14H2,1-2H3;1H. The molecule has 0 radical (unpaired) electrons. The van der Waals surface area contributed by atoms with E-state index in [1.165, 1.54) is 5.56 Å². The number of ether oxygens (including phenoxy) is 1. The maximum Gasteiger partial charge on any atom is 0.261 e. The van der Waals surface area contributed by atoms with Crippen molar-refractivity contribution in [1.29, 1.82) is 0 Å². The van der Waals surface area contributed by atoms with Gasteiger partial charge in [-0.15, -0.1) is 12.4 Å². The summed E-state index contributed by atoms with van der Waals surface area (Å²) in [5.41, 5.74) is 3.19. The van der Waals surface area contributed by atoms with Crippen molar-refractivity contribution in [2.24, 2.45) is 0 Å². The van der Waals surface area contributed by atoms with Gasteiger partial charge in [0.05, 0.1) is 11.6 Å². The van der Waals surface area contributed by atoms with Crippen LogP contribution in [0.15, 0.2) is 53.1 Å². The van der Waals surface area contributed by atoms with Gasteiger partial charge in [-0.25, -0.2) is 0 Å². The molecule has 0 amide bonds. The van der Waals surface area contributed by atoms with E-state index in [1.54, 1.807) is 0 Å². The number of nitrogens with zero attached hydrogens (tertiary/aromatic N) is 3. The van der Waals surface area contributed by atoms with Crippen LogP contribution in [0.5, 0.6) is 5.75 Å². The molecule has 0 spiro atoms. The zero-order valence-electron chi connectivity index (χ0n) is 16.1. The number of hydrogen-bond donors (Lipinski definition) is 1. The third kappa shape index (κ3) is 4.35. The SMILES string of the molecule is Cc1ccccc1COc1ccccc1-c1nc(C2CNCCN2C)no1.Cl. The topological polar surface area (TPSA) is 63.4 Å². The highest BCUT2D eigenvalue weighted by Crippen LogP contribution is 2.30. The summed E-state index contributed by atoms with van der Waals surface area (Å²) >= 11 is 0. The summed E-state index contributed by atoms with van der Waals surface area (Å²) in [6.07, 6.45) is 0. The number of para-hydroxylation sites is 1. The number of likely N-dealkylation sites (N-methyl/N-ethyl adjacent to an activating group) is 1. The molecule has 0 saturated carbocycles. The minimum absolute atomic E-state index is 0. The van der Waals surface area contributed by atoms with Crippen LogP contribution in [0.3, 0.4) is 0 Å².